The first-order chi connectivity index (χ1) is 15.6. The molecule has 8 unspecified atom stereocenters. The molecule has 7 aliphatic carbocycles. The van der Waals surface area contributed by atoms with Crippen molar-refractivity contribution < 1.29 is 19.1 Å². The zero-order chi connectivity index (χ0) is 21.4. The summed E-state index contributed by atoms with van der Waals surface area (Å²) in [6, 6.07) is 0. The first kappa shape index (κ1) is 19.4. The van der Waals surface area contributed by atoms with E-state index in [1.54, 1.807) is 0 Å². The minimum Gasteiger partial charge on any atom is -0.461 e. The molecule has 7 rings (SSSR count). The van der Waals surface area contributed by atoms with E-state index < -0.39 is 5.41 Å². The highest BCUT2D eigenvalue weighted by Crippen LogP contribution is 2.60. The predicted molar refractivity (Wildman–Crippen MR) is 119 cm³/mol. The van der Waals surface area contributed by atoms with Crippen molar-refractivity contribution in [3.8, 4) is 0 Å². The van der Waals surface area contributed by atoms with Gasteiger partial charge in [-0.3, -0.25) is 0 Å². The van der Waals surface area contributed by atoms with Crippen LogP contribution in [0.25, 0.3) is 0 Å². The van der Waals surface area contributed by atoms with Gasteiger partial charge in [0.15, 0.2) is 0 Å². The standard InChI is InChI=1S/C28H32O4/c29-26(23-11-16-1-3-18(23)9-16)31-14-28(8-7-22-20-5-6-21(13-20)25(22)28)15-32-27(30)24-12-17-2-4-19(24)10-17/h5-8,11-12,16-22,25H,1-4,9-10,13-15H2. The van der Waals surface area contributed by atoms with Crippen LogP contribution in [-0.4, -0.2) is 25.2 Å². The van der Waals surface area contributed by atoms with Gasteiger partial charge in [-0.15, -0.1) is 0 Å². The molecule has 0 amide bonds. The Bertz CT molecular complexity index is 931. The minimum atomic E-state index is -0.406. The van der Waals surface area contributed by atoms with Gasteiger partial charge < -0.3 is 9.47 Å². The number of ether oxygens (including phenoxy) is 2. The molecule has 0 aromatic heterocycles. The van der Waals surface area contributed by atoms with Crippen molar-refractivity contribution in [2.75, 3.05) is 13.2 Å². The van der Waals surface area contributed by atoms with Crippen LogP contribution in [0.1, 0.15) is 44.9 Å². The molecule has 8 atom stereocenters. The Hall–Kier alpha value is -2.10. The topological polar surface area (TPSA) is 52.6 Å². The summed E-state index contributed by atoms with van der Waals surface area (Å²) in [5, 5.41) is 0. The van der Waals surface area contributed by atoms with Gasteiger partial charge in [-0.1, -0.05) is 36.5 Å². The molecule has 6 bridgehead atoms. The monoisotopic (exact) mass is 432 g/mol. The lowest BCUT2D eigenvalue weighted by Crippen LogP contribution is -2.41. The van der Waals surface area contributed by atoms with Crippen LogP contribution in [0, 0.1) is 52.8 Å². The second-order valence-corrected chi connectivity index (χ2v) is 11.6. The highest BCUT2D eigenvalue weighted by Gasteiger charge is 2.57. The summed E-state index contributed by atoms with van der Waals surface area (Å²) in [4.78, 5) is 25.9. The summed E-state index contributed by atoms with van der Waals surface area (Å²) >= 11 is 0. The summed E-state index contributed by atoms with van der Waals surface area (Å²) in [5.74, 6) is 3.54. The first-order valence-electron chi connectivity index (χ1n) is 12.7. The van der Waals surface area contributed by atoms with Crippen molar-refractivity contribution in [2.45, 2.75) is 44.9 Å². The number of hydrogen-bond acceptors (Lipinski definition) is 4. The first-order valence-corrected chi connectivity index (χ1v) is 12.7. The average Bonchev–Trinajstić information content (AvgIpc) is 3.64. The molecule has 32 heavy (non-hydrogen) atoms. The van der Waals surface area contributed by atoms with Gasteiger partial charge in [0, 0.05) is 11.1 Å². The average molecular weight is 433 g/mol. The zero-order valence-corrected chi connectivity index (χ0v) is 18.6. The molecule has 0 saturated heterocycles. The zero-order valence-electron chi connectivity index (χ0n) is 18.6. The molecule has 7 aliphatic rings. The Balaban J connectivity index is 1.09. The second-order valence-electron chi connectivity index (χ2n) is 11.6. The third-order valence-corrected chi connectivity index (χ3v) is 9.91. The predicted octanol–water partition coefficient (Wildman–Crippen LogP) is 4.78. The molecule has 0 N–H and O–H groups in total. The third-order valence-electron chi connectivity index (χ3n) is 9.91. The van der Waals surface area contributed by atoms with Crippen LogP contribution < -0.4 is 0 Å². The van der Waals surface area contributed by atoms with Crippen LogP contribution in [-0.2, 0) is 19.1 Å². The Kier molecular flexibility index (Phi) is 4.21. The number of rotatable bonds is 6. The summed E-state index contributed by atoms with van der Waals surface area (Å²) in [6.07, 6.45) is 21.6. The van der Waals surface area contributed by atoms with E-state index in [0.717, 1.165) is 36.8 Å². The normalized spacial score (nSPS) is 46.0. The second kappa shape index (κ2) is 6.95. The van der Waals surface area contributed by atoms with E-state index >= 15 is 0 Å². The van der Waals surface area contributed by atoms with Gasteiger partial charge in [-0.25, -0.2) is 9.59 Å². The van der Waals surface area contributed by atoms with Crippen LogP contribution in [0.15, 0.2) is 47.6 Å². The SMILES string of the molecule is O=C(OCC1(COC(=O)C2=CC3CCC2C3)C=CC2C3C=CC(C3)C21)C1=CC2CCC1C2. The van der Waals surface area contributed by atoms with Gasteiger partial charge in [-0.2, -0.15) is 0 Å². The third kappa shape index (κ3) is 2.80. The number of esters is 2. The smallest absolute Gasteiger partial charge is 0.334 e. The number of carbonyl (C=O) groups excluding carboxylic acids is 2. The van der Waals surface area contributed by atoms with Crippen LogP contribution >= 0.6 is 0 Å². The quantitative estimate of drug-likeness (QED) is 0.448. The van der Waals surface area contributed by atoms with Crippen molar-refractivity contribution >= 4 is 11.9 Å². The lowest BCUT2D eigenvalue weighted by Gasteiger charge is -2.37. The van der Waals surface area contributed by atoms with Gasteiger partial charge in [0.1, 0.15) is 13.2 Å². The molecule has 0 radical (unpaired) electrons. The van der Waals surface area contributed by atoms with Crippen LogP contribution in [0.5, 0.6) is 0 Å². The maximum absolute atomic E-state index is 13.0. The van der Waals surface area contributed by atoms with E-state index in [9.17, 15) is 9.59 Å². The van der Waals surface area contributed by atoms with E-state index in [-0.39, 0.29) is 11.9 Å². The minimum absolute atomic E-state index is 0.144. The number of fused-ring (bicyclic) bond motifs is 9. The number of carbonyl (C=O) groups is 2. The van der Waals surface area contributed by atoms with Gasteiger partial charge in [0.2, 0.25) is 0 Å². The highest BCUT2D eigenvalue weighted by molar-refractivity contribution is 5.90. The number of hydrogen-bond donors (Lipinski definition) is 0. The molecule has 3 fully saturated rings. The van der Waals surface area contributed by atoms with Crippen molar-refractivity contribution in [2.24, 2.45) is 52.8 Å². The summed E-state index contributed by atoms with van der Waals surface area (Å²) in [7, 11) is 0. The van der Waals surface area contributed by atoms with Gasteiger partial charge >= 0.3 is 11.9 Å². The summed E-state index contributed by atoms with van der Waals surface area (Å²) < 4.78 is 12.0. The van der Waals surface area contributed by atoms with E-state index in [4.69, 9.17) is 9.47 Å². The Morgan fingerprint density at radius 3 is 1.91 bits per heavy atom. The largest absolute Gasteiger partial charge is 0.461 e. The molecule has 4 nitrogen and oxygen atoms in total. The molecule has 3 saturated carbocycles. The number of allylic oxidation sites excluding steroid dienone is 5. The summed E-state index contributed by atoms with van der Waals surface area (Å²) in [5.41, 5.74) is 1.38. The molecule has 0 aromatic rings. The fraction of sp³-hybridized carbons (Fsp3) is 0.643. The van der Waals surface area contributed by atoms with Crippen molar-refractivity contribution in [3.63, 3.8) is 0 Å². The fourth-order valence-corrected chi connectivity index (χ4v) is 8.39. The molecule has 0 spiro atoms. The van der Waals surface area contributed by atoms with Gasteiger partial charge in [0.05, 0.1) is 5.41 Å². The van der Waals surface area contributed by atoms with Gasteiger partial charge in [0.25, 0.3) is 0 Å². The Morgan fingerprint density at radius 2 is 1.38 bits per heavy atom. The molecular formula is C28H32O4. The van der Waals surface area contributed by atoms with Crippen molar-refractivity contribution in [3.05, 3.63) is 47.6 Å². The van der Waals surface area contributed by atoms with Crippen LogP contribution in [0.4, 0.5) is 0 Å². The van der Waals surface area contributed by atoms with Gasteiger partial charge in [-0.05, 0) is 92.3 Å². The maximum Gasteiger partial charge on any atom is 0.334 e. The van der Waals surface area contributed by atoms with Crippen molar-refractivity contribution in [1.29, 1.82) is 0 Å². The van der Waals surface area contributed by atoms with E-state index in [1.165, 1.54) is 19.3 Å². The lowest BCUT2D eigenvalue weighted by atomic mass is 9.70. The molecule has 4 heteroatoms. The van der Waals surface area contributed by atoms with Crippen molar-refractivity contribution in [1.82, 2.24) is 0 Å². The van der Waals surface area contributed by atoms with E-state index in [2.05, 4.69) is 36.5 Å². The molecule has 168 valence electrons. The Morgan fingerprint density at radius 1 is 0.781 bits per heavy atom. The molecular weight excluding hydrogens is 400 g/mol. The van der Waals surface area contributed by atoms with E-state index in [0.29, 0.717) is 60.6 Å². The molecule has 0 heterocycles. The Labute approximate surface area is 189 Å². The lowest BCUT2D eigenvalue weighted by molar-refractivity contribution is -0.150. The summed E-state index contributed by atoms with van der Waals surface area (Å²) in [6.45, 7) is 0.626. The maximum atomic E-state index is 13.0. The molecule has 0 aromatic carbocycles. The van der Waals surface area contributed by atoms with E-state index in [1.807, 2.05) is 0 Å². The van der Waals surface area contributed by atoms with Crippen LogP contribution in [0.3, 0.4) is 0 Å². The van der Waals surface area contributed by atoms with Crippen LogP contribution in [0.2, 0.25) is 0 Å². The fourth-order valence-electron chi connectivity index (χ4n) is 8.39. The highest BCUT2D eigenvalue weighted by atomic mass is 16.5. The molecule has 0 aliphatic heterocycles.